The Morgan fingerprint density at radius 3 is 2.28 bits per heavy atom. The number of amides is 1. The van der Waals surface area contributed by atoms with Crippen LogP contribution in [-0.2, 0) is 38.1 Å². The number of halogens is 1. The van der Waals surface area contributed by atoms with Gasteiger partial charge in [0.1, 0.15) is 30.6 Å². The number of carbonyl (C=O) groups excluding carboxylic acids is 4. The summed E-state index contributed by atoms with van der Waals surface area (Å²) < 4.78 is 29.7. The lowest BCUT2D eigenvalue weighted by Crippen LogP contribution is -2.42. The number of carbonyl (C=O) groups is 4. The van der Waals surface area contributed by atoms with Crippen molar-refractivity contribution in [1.82, 2.24) is 24.8 Å². The fraction of sp³-hybridized carbons (Fsp3) is 0.382. The number of nitrogens with one attached hydrogen (secondary N) is 1. The monoisotopic (exact) mass is 723 g/mol. The van der Waals surface area contributed by atoms with E-state index in [0.29, 0.717) is 16.9 Å². The molecule has 262 valence electrons. The van der Waals surface area contributed by atoms with Crippen LogP contribution in [0.15, 0.2) is 61.2 Å². The molecule has 0 radical (unpaired) electrons. The van der Waals surface area contributed by atoms with Crippen LogP contribution < -0.4 is 5.32 Å². The molecule has 2 aromatic heterocycles. The number of fused-ring (bicyclic) bond motifs is 4. The number of thioether (sulfide) groups is 1. The van der Waals surface area contributed by atoms with Crippen LogP contribution in [0.4, 0.5) is 4.79 Å². The number of alkyl carbamates (subject to hydrolysis) is 1. The maximum absolute atomic E-state index is 12.9. The third kappa shape index (κ3) is 7.39. The molecule has 0 saturated carbocycles. The van der Waals surface area contributed by atoms with Crippen molar-refractivity contribution in [2.75, 3.05) is 25.2 Å². The topological polar surface area (TPSA) is 170 Å². The number of nitrogens with zero attached hydrogens (tertiary/aromatic N) is 4. The molecule has 16 heteroatoms. The second kappa shape index (κ2) is 15.4. The average molecular weight is 724 g/mol. The summed E-state index contributed by atoms with van der Waals surface area (Å²) in [5, 5.41) is 2.77. The normalized spacial score (nSPS) is 20.1. The van der Waals surface area contributed by atoms with Crippen molar-refractivity contribution in [2.24, 2.45) is 0 Å². The SMILES string of the molecule is COC(=O)C(CCSC[C@H]1O[C@@H](n2cnc3c(Cl)ncnc32)C(OC(C)=O)[C@@H]1OC(C)=O)NC(=O)OCC1c2ccccc2-c2ccccc21. The number of ether oxygens (including phenoxy) is 5. The minimum atomic E-state index is -1.04. The molecule has 1 N–H and O–H groups in total. The maximum Gasteiger partial charge on any atom is 0.407 e. The van der Waals surface area contributed by atoms with Gasteiger partial charge in [0.15, 0.2) is 29.2 Å². The quantitative estimate of drug-likeness (QED) is 0.0943. The van der Waals surface area contributed by atoms with Crippen LogP contribution in [0.25, 0.3) is 22.3 Å². The Hall–Kier alpha value is -4.73. The van der Waals surface area contributed by atoms with Gasteiger partial charge in [0.2, 0.25) is 0 Å². The number of imidazole rings is 1. The summed E-state index contributed by atoms with van der Waals surface area (Å²) in [4.78, 5) is 62.3. The van der Waals surface area contributed by atoms with Crippen molar-refractivity contribution in [1.29, 1.82) is 0 Å². The van der Waals surface area contributed by atoms with Gasteiger partial charge in [0.05, 0.1) is 13.4 Å². The zero-order valence-electron chi connectivity index (χ0n) is 27.3. The molecule has 1 saturated heterocycles. The summed E-state index contributed by atoms with van der Waals surface area (Å²) in [5.41, 5.74) is 5.00. The van der Waals surface area contributed by atoms with Crippen molar-refractivity contribution in [3.63, 3.8) is 0 Å². The van der Waals surface area contributed by atoms with Crippen LogP contribution in [0.2, 0.25) is 5.15 Å². The van der Waals surface area contributed by atoms with E-state index in [2.05, 4.69) is 20.3 Å². The van der Waals surface area contributed by atoms with Gasteiger partial charge in [-0.15, -0.1) is 0 Å². The van der Waals surface area contributed by atoms with Crippen LogP contribution in [0, 0.1) is 0 Å². The number of hydrogen-bond acceptors (Lipinski definition) is 13. The molecule has 5 atom stereocenters. The zero-order chi connectivity index (χ0) is 35.4. The summed E-state index contributed by atoms with van der Waals surface area (Å²) in [6.07, 6.45) is -1.55. The summed E-state index contributed by atoms with van der Waals surface area (Å²) in [7, 11) is 1.24. The highest BCUT2D eigenvalue weighted by molar-refractivity contribution is 7.99. The van der Waals surface area contributed by atoms with E-state index in [1.165, 1.54) is 45.4 Å². The first-order chi connectivity index (χ1) is 24.2. The highest BCUT2D eigenvalue weighted by Crippen LogP contribution is 2.44. The first kappa shape index (κ1) is 35.1. The predicted octanol–water partition coefficient (Wildman–Crippen LogP) is 4.44. The largest absolute Gasteiger partial charge is 0.467 e. The summed E-state index contributed by atoms with van der Waals surface area (Å²) in [6.45, 7) is 2.58. The highest BCUT2D eigenvalue weighted by Gasteiger charge is 2.50. The molecule has 0 spiro atoms. The van der Waals surface area contributed by atoms with E-state index < -0.39 is 54.6 Å². The van der Waals surface area contributed by atoms with Gasteiger partial charge in [-0.25, -0.2) is 24.5 Å². The van der Waals surface area contributed by atoms with Crippen LogP contribution in [0.1, 0.15) is 43.5 Å². The van der Waals surface area contributed by atoms with E-state index in [-0.39, 0.29) is 29.9 Å². The molecule has 2 aliphatic rings. The third-order valence-corrected chi connectivity index (χ3v) is 9.80. The first-order valence-electron chi connectivity index (χ1n) is 15.8. The van der Waals surface area contributed by atoms with Gasteiger partial charge < -0.3 is 29.0 Å². The molecule has 0 bridgehead atoms. The van der Waals surface area contributed by atoms with Gasteiger partial charge in [-0.1, -0.05) is 60.1 Å². The molecule has 14 nitrogen and oxygen atoms in total. The standard InChI is InChI=1S/C34H34ClN5O9S/c1-18(41)47-28-26(49-32(29(28)48-19(2)42)40-17-38-27-30(35)36-16-37-31(27)40)15-50-13-12-25(33(43)45-3)39-34(44)46-14-24-22-10-6-4-8-20(22)21-9-5-7-11-23(21)24/h4-11,16-17,24-26,28-29,32H,12-15H2,1-3H3,(H,39,44)/t25?,26-,28-,29?,32-/m1/s1. The van der Waals surface area contributed by atoms with E-state index in [1.807, 2.05) is 48.5 Å². The van der Waals surface area contributed by atoms with Crippen molar-refractivity contribution in [3.8, 4) is 11.1 Å². The Morgan fingerprint density at radius 2 is 1.62 bits per heavy atom. The zero-order valence-corrected chi connectivity index (χ0v) is 28.9. The minimum Gasteiger partial charge on any atom is -0.467 e. The van der Waals surface area contributed by atoms with Crippen LogP contribution in [0.3, 0.4) is 0 Å². The summed E-state index contributed by atoms with van der Waals surface area (Å²) in [6, 6.07) is 15.0. The molecule has 6 rings (SSSR count). The fourth-order valence-electron chi connectivity index (χ4n) is 6.30. The van der Waals surface area contributed by atoms with Crippen LogP contribution >= 0.6 is 23.4 Å². The summed E-state index contributed by atoms with van der Waals surface area (Å²) >= 11 is 7.57. The lowest BCUT2D eigenvalue weighted by atomic mass is 9.98. The van der Waals surface area contributed by atoms with E-state index in [9.17, 15) is 19.2 Å². The number of benzene rings is 2. The second-order valence-electron chi connectivity index (χ2n) is 11.6. The van der Waals surface area contributed by atoms with Crippen LogP contribution in [-0.4, -0.2) is 93.1 Å². The second-order valence-corrected chi connectivity index (χ2v) is 13.1. The molecule has 50 heavy (non-hydrogen) atoms. The van der Waals surface area contributed by atoms with Crippen LogP contribution in [0.5, 0.6) is 0 Å². The van der Waals surface area contributed by atoms with Crippen molar-refractivity contribution in [3.05, 3.63) is 77.5 Å². The molecule has 2 unspecified atom stereocenters. The molecule has 3 heterocycles. The molecular formula is C34H34ClN5O9S. The molecule has 4 aromatic rings. The predicted molar refractivity (Wildman–Crippen MR) is 181 cm³/mol. The number of esters is 3. The van der Waals surface area contributed by atoms with Crippen molar-refractivity contribution >= 4 is 58.5 Å². The average Bonchev–Trinajstić information content (AvgIpc) is 3.77. The van der Waals surface area contributed by atoms with Gasteiger partial charge in [0.25, 0.3) is 0 Å². The lowest BCUT2D eigenvalue weighted by Gasteiger charge is -2.24. The number of hydrogen-bond donors (Lipinski definition) is 1. The fourth-order valence-corrected chi connectivity index (χ4v) is 7.55. The van der Waals surface area contributed by atoms with Crippen molar-refractivity contribution < 1.29 is 42.9 Å². The van der Waals surface area contributed by atoms with Gasteiger partial charge in [-0.05, 0) is 34.4 Å². The first-order valence-corrected chi connectivity index (χ1v) is 17.3. The van der Waals surface area contributed by atoms with E-state index in [4.69, 9.17) is 35.3 Å². The Morgan fingerprint density at radius 1 is 0.960 bits per heavy atom. The Labute approximate surface area is 296 Å². The molecule has 1 aliphatic heterocycles. The lowest BCUT2D eigenvalue weighted by molar-refractivity contribution is -0.165. The van der Waals surface area contributed by atoms with Crippen molar-refractivity contribution in [2.45, 2.75) is 56.8 Å². The Balaban J connectivity index is 1.08. The molecule has 1 aliphatic carbocycles. The van der Waals surface area contributed by atoms with Gasteiger partial charge in [-0.2, -0.15) is 11.8 Å². The van der Waals surface area contributed by atoms with E-state index >= 15 is 0 Å². The number of rotatable bonds is 12. The Bertz CT molecular complexity index is 1860. The number of methoxy groups -OCH3 is 1. The van der Waals surface area contributed by atoms with Gasteiger partial charge >= 0.3 is 24.0 Å². The van der Waals surface area contributed by atoms with Gasteiger partial charge in [0, 0.05) is 25.5 Å². The minimum absolute atomic E-state index is 0.0914. The third-order valence-electron chi connectivity index (χ3n) is 8.43. The van der Waals surface area contributed by atoms with E-state index in [1.54, 1.807) is 4.57 Å². The molecule has 1 fully saturated rings. The van der Waals surface area contributed by atoms with Gasteiger partial charge in [-0.3, -0.25) is 14.2 Å². The molecule has 2 aromatic carbocycles. The van der Waals surface area contributed by atoms with E-state index in [0.717, 1.165) is 22.3 Å². The highest BCUT2D eigenvalue weighted by atomic mass is 35.5. The Kier molecular flexibility index (Phi) is 10.8. The molecule has 1 amide bonds. The summed E-state index contributed by atoms with van der Waals surface area (Å²) in [5.74, 6) is -1.32. The number of aromatic nitrogens is 4. The smallest absolute Gasteiger partial charge is 0.407 e. The molecular weight excluding hydrogens is 690 g/mol. The maximum atomic E-state index is 12.9.